The van der Waals surface area contributed by atoms with Crippen molar-refractivity contribution in [3.05, 3.63) is 75.3 Å². The average molecular weight is 502 g/mol. The fraction of sp³-hybridized carbons (Fsp3) is 0.417. The summed E-state index contributed by atoms with van der Waals surface area (Å²) in [6.45, 7) is 1.95. The van der Waals surface area contributed by atoms with Crippen molar-refractivity contribution in [2.24, 2.45) is 4.99 Å². The number of nitro groups is 1. The summed E-state index contributed by atoms with van der Waals surface area (Å²) in [6, 6.07) is 13.9. The minimum absolute atomic E-state index is 0.00426. The van der Waals surface area contributed by atoms with Gasteiger partial charge < -0.3 is 10.2 Å². The van der Waals surface area contributed by atoms with E-state index in [0.717, 1.165) is 36.5 Å². The zero-order valence-corrected chi connectivity index (χ0v) is 20.8. The lowest BCUT2D eigenvalue weighted by Crippen LogP contribution is -2.31. The highest BCUT2D eigenvalue weighted by molar-refractivity contribution is 7.89. The molecular formula is C24H31N5O5S. The first-order valence-electron chi connectivity index (χ1n) is 11.5. The van der Waals surface area contributed by atoms with E-state index in [1.54, 1.807) is 11.9 Å². The van der Waals surface area contributed by atoms with Crippen molar-refractivity contribution in [1.82, 2.24) is 14.5 Å². The molecule has 1 N–H and O–H groups in total. The second-order valence-corrected chi connectivity index (χ2v) is 10.5. The van der Waals surface area contributed by atoms with Crippen LogP contribution in [0.3, 0.4) is 0 Å². The predicted octanol–water partition coefficient (Wildman–Crippen LogP) is 1.91. The Hall–Kier alpha value is -3.31. The topological polar surface area (TPSA) is 125 Å². The summed E-state index contributed by atoms with van der Waals surface area (Å²) in [5, 5.41) is 14.0. The molecule has 1 amide bonds. The molecule has 0 bridgehead atoms. The first-order chi connectivity index (χ1) is 16.7. The molecule has 0 fully saturated rings. The van der Waals surface area contributed by atoms with Crippen molar-refractivity contribution in [2.45, 2.75) is 30.7 Å². The number of rotatable bonds is 12. The largest absolute Gasteiger partial charge is 0.368 e. The SMILES string of the molecule is CN(CCc1ccc(C2=NCCN2)cc1)C(=O)CCCN(C)S(=O)(=O)c1cccc(C[N+](=O)[O-])c1. The molecule has 0 aliphatic carbocycles. The van der Waals surface area contributed by atoms with E-state index in [4.69, 9.17) is 0 Å². The lowest BCUT2D eigenvalue weighted by molar-refractivity contribution is -0.496. The Kier molecular flexibility index (Phi) is 8.94. The Bertz CT molecular complexity index is 1180. The third-order valence-corrected chi connectivity index (χ3v) is 7.70. The maximum absolute atomic E-state index is 12.8. The van der Waals surface area contributed by atoms with Gasteiger partial charge in [-0.15, -0.1) is 0 Å². The Morgan fingerprint density at radius 1 is 1.11 bits per heavy atom. The first kappa shape index (κ1) is 26.3. The van der Waals surface area contributed by atoms with Crippen LogP contribution in [0.1, 0.15) is 29.5 Å². The fourth-order valence-electron chi connectivity index (χ4n) is 3.74. The number of amidine groups is 1. The van der Waals surface area contributed by atoms with Crippen LogP contribution < -0.4 is 5.32 Å². The number of benzene rings is 2. The molecule has 0 saturated heterocycles. The van der Waals surface area contributed by atoms with Crippen LogP contribution in [-0.2, 0) is 27.8 Å². The molecule has 0 atom stereocenters. The zero-order valence-electron chi connectivity index (χ0n) is 20.0. The zero-order chi connectivity index (χ0) is 25.4. The van der Waals surface area contributed by atoms with Crippen LogP contribution in [0.2, 0.25) is 0 Å². The molecule has 0 radical (unpaired) electrons. The van der Waals surface area contributed by atoms with Crippen molar-refractivity contribution in [2.75, 3.05) is 40.3 Å². The summed E-state index contributed by atoms with van der Waals surface area (Å²) in [5.74, 6) is 0.866. The van der Waals surface area contributed by atoms with Crippen LogP contribution >= 0.6 is 0 Å². The summed E-state index contributed by atoms with van der Waals surface area (Å²) >= 11 is 0. The van der Waals surface area contributed by atoms with Gasteiger partial charge in [-0.05, 0) is 30.5 Å². The molecular weight excluding hydrogens is 470 g/mol. The molecule has 11 heteroatoms. The van der Waals surface area contributed by atoms with Crippen molar-refractivity contribution >= 4 is 21.8 Å². The Morgan fingerprint density at radius 3 is 2.51 bits per heavy atom. The average Bonchev–Trinajstić information content (AvgIpc) is 3.37. The summed E-state index contributed by atoms with van der Waals surface area (Å²) in [7, 11) is -0.609. The number of sulfonamides is 1. The third-order valence-electron chi connectivity index (χ3n) is 5.85. The highest BCUT2D eigenvalue weighted by atomic mass is 32.2. The van der Waals surface area contributed by atoms with Crippen molar-refractivity contribution in [1.29, 1.82) is 0 Å². The molecule has 188 valence electrons. The van der Waals surface area contributed by atoms with Gasteiger partial charge in [0.25, 0.3) is 0 Å². The van der Waals surface area contributed by atoms with Gasteiger partial charge in [0.2, 0.25) is 22.5 Å². The molecule has 0 unspecified atom stereocenters. The number of carbonyl (C=O) groups is 1. The number of nitrogens with one attached hydrogen (secondary N) is 1. The number of nitrogens with zero attached hydrogens (tertiary/aromatic N) is 4. The van der Waals surface area contributed by atoms with Crippen molar-refractivity contribution in [3.63, 3.8) is 0 Å². The van der Waals surface area contributed by atoms with Crippen LogP contribution in [0.15, 0.2) is 58.4 Å². The van der Waals surface area contributed by atoms with E-state index in [2.05, 4.69) is 10.3 Å². The van der Waals surface area contributed by atoms with Crippen LogP contribution in [-0.4, -0.2) is 74.6 Å². The maximum atomic E-state index is 12.8. The molecule has 2 aromatic carbocycles. The van der Waals surface area contributed by atoms with Crippen molar-refractivity contribution < 1.29 is 18.1 Å². The molecule has 3 rings (SSSR count). The molecule has 0 spiro atoms. The van der Waals surface area contributed by atoms with Gasteiger partial charge in [-0.1, -0.05) is 36.4 Å². The van der Waals surface area contributed by atoms with E-state index in [9.17, 15) is 23.3 Å². The molecule has 2 aromatic rings. The molecule has 0 saturated carbocycles. The van der Waals surface area contributed by atoms with Gasteiger partial charge >= 0.3 is 0 Å². The minimum atomic E-state index is -3.80. The second kappa shape index (κ2) is 11.9. The van der Waals surface area contributed by atoms with E-state index in [0.29, 0.717) is 18.5 Å². The number of aliphatic imine (C=N–C) groups is 1. The Morgan fingerprint density at radius 2 is 1.86 bits per heavy atom. The standard InChI is InChI=1S/C24H31N5O5S/c1-27(16-12-19-8-10-21(11-9-19)24-25-13-14-26-24)23(30)7-4-15-28(2)35(33,34)22-6-3-5-20(17-22)18-29(31)32/h3,5-6,8-11,17H,4,7,12-16,18H2,1-2H3,(H,25,26). The fourth-order valence-corrected chi connectivity index (χ4v) is 5.02. The normalized spacial score (nSPS) is 13.4. The summed E-state index contributed by atoms with van der Waals surface area (Å²) < 4.78 is 26.8. The quantitative estimate of drug-likeness (QED) is 0.350. The van der Waals surface area contributed by atoms with Crippen LogP contribution in [0.25, 0.3) is 0 Å². The summed E-state index contributed by atoms with van der Waals surface area (Å²) in [4.78, 5) is 28.8. The van der Waals surface area contributed by atoms with Crippen LogP contribution in [0.5, 0.6) is 0 Å². The monoisotopic (exact) mass is 501 g/mol. The number of hydrogen-bond donors (Lipinski definition) is 1. The second-order valence-electron chi connectivity index (χ2n) is 8.49. The third kappa shape index (κ3) is 7.33. The molecule has 35 heavy (non-hydrogen) atoms. The number of hydrogen-bond acceptors (Lipinski definition) is 7. The number of likely N-dealkylation sites (N-methyl/N-ethyl adjacent to an activating group) is 1. The van der Waals surface area contributed by atoms with E-state index >= 15 is 0 Å². The van der Waals surface area contributed by atoms with Gasteiger partial charge in [0.15, 0.2) is 0 Å². The Balaban J connectivity index is 1.44. The smallest absolute Gasteiger partial charge is 0.242 e. The number of carbonyl (C=O) groups excluding carboxylic acids is 1. The minimum Gasteiger partial charge on any atom is -0.368 e. The summed E-state index contributed by atoms with van der Waals surface area (Å²) in [5.41, 5.74) is 2.50. The van der Waals surface area contributed by atoms with Crippen LogP contribution in [0, 0.1) is 10.1 Å². The molecule has 1 aliphatic rings. The van der Waals surface area contributed by atoms with Gasteiger partial charge in [0, 0.05) is 56.2 Å². The highest BCUT2D eigenvalue weighted by Crippen LogP contribution is 2.17. The Labute approximate surface area is 205 Å². The molecule has 0 aromatic heterocycles. The van der Waals surface area contributed by atoms with E-state index in [-0.39, 0.29) is 23.8 Å². The van der Waals surface area contributed by atoms with Gasteiger partial charge in [-0.2, -0.15) is 0 Å². The van der Waals surface area contributed by atoms with E-state index in [1.165, 1.54) is 35.6 Å². The lowest BCUT2D eigenvalue weighted by Gasteiger charge is -2.20. The first-order valence-corrected chi connectivity index (χ1v) is 12.9. The highest BCUT2D eigenvalue weighted by Gasteiger charge is 2.22. The lowest BCUT2D eigenvalue weighted by atomic mass is 10.1. The summed E-state index contributed by atoms with van der Waals surface area (Å²) in [6.07, 6.45) is 1.32. The van der Waals surface area contributed by atoms with Gasteiger partial charge in [0.1, 0.15) is 5.84 Å². The van der Waals surface area contributed by atoms with Crippen LogP contribution in [0.4, 0.5) is 0 Å². The maximum Gasteiger partial charge on any atom is 0.242 e. The van der Waals surface area contributed by atoms with Crippen molar-refractivity contribution in [3.8, 4) is 0 Å². The van der Waals surface area contributed by atoms with Gasteiger partial charge in [-0.25, -0.2) is 12.7 Å². The van der Waals surface area contributed by atoms with Gasteiger partial charge in [0.05, 0.1) is 11.4 Å². The number of amides is 1. The van der Waals surface area contributed by atoms with E-state index < -0.39 is 21.5 Å². The molecule has 10 nitrogen and oxygen atoms in total. The van der Waals surface area contributed by atoms with E-state index in [1.807, 2.05) is 24.3 Å². The molecule has 1 aliphatic heterocycles. The molecule has 1 heterocycles. The van der Waals surface area contributed by atoms with Gasteiger partial charge in [-0.3, -0.25) is 19.9 Å². The predicted molar refractivity (Wildman–Crippen MR) is 133 cm³/mol.